The van der Waals surface area contributed by atoms with Crippen molar-refractivity contribution in [2.24, 2.45) is 0 Å². The predicted octanol–water partition coefficient (Wildman–Crippen LogP) is 3.55. The molecule has 0 atom stereocenters. The number of hydrogen-bond donors (Lipinski definition) is 3. The molecular formula is C15H30N2O3S2. The molecule has 0 aromatic rings. The van der Waals surface area contributed by atoms with Gasteiger partial charge in [0.25, 0.3) is 5.24 Å². The third-order valence-corrected chi connectivity index (χ3v) is 4.11. The van der Waals surface area contributed by atoms with Gasteiger partial charge in [0.05, 0.1) is 0 Å². The molecule has 2 N–H and O–H groups in total. The minimum absolute atomic E-state index is 0.0355. The van der Waals surface area contributed by atoms with Crippen molar-refractivity contribution < 1.29 is 14.3 Å². The zero-order valence-corrected chi connectivity index (χ0v) is 15.3. The van der Waals surface area contributed by atoms with Gasteiger partial charge in [-0.2, -0.15) is 0 Å². The van der Waals surface area contributed by atoms with Crippen LogP contribution in [-0.4, -0.2) is 38.0 Å². The Morgan fingerprint density at radius 1 is 0.864 bits per heavy atom. The largest absolute Gasteiger partial charge is 0.375 e. The maximum Gasteiger partial charge on any atom is 0.289 e. The Bertz CT molecular complexity index is 292. The SMILES string of the molecule is COCC(=O)NCCCCCCCCCCCNC(=O)SS. The standard InChI is InChI=1S/C15H30N2O3S2/c1-20-13-14(18)16-11-9-7-5-3-2-4-6-8-10-12-17-15(19)22-21/h21H,2-13H2,1H3,(H,16,18)(H,17,19). The zero-order valence-electron chi connectivity index (χ0n) is 13.6. The van der Waals surface area contributed by atoms with E-state index in [2.05, 4.69) is 22.3 Å². The van der Waals surface area contributed by atoms with E-state index in [0.717, 1.165) is 36.7 Å². The summed E-state index contributed by atoms with van der Waals surface area (Å²) in [6.07, 6.45) is 10.7. The highest BCUT2D eigenvalue weighted by atomic mass is 33.1. The van der Waals surface area contributed by atoms with E-state index in [4.69, 9.17) is 4.74 Å². The summed E-state index contributed by atoms with van der Waals surface area (Å²) < 4.78 is 4.74. The second kappa shape index (κ2) is 17.0. The van der Waals surface area contributed by atoms with Crippen molar-refractivity contribution in [3.8, 4) is 0 Å². The van der Waals surface area contributed by atoms with Gasteiger partial charge in [-0.3, -0.25) is 9.59 Å². The Morgan fingerprint density at radius 3 is 1.77 bits per heavy atom. The highest BCUT2D eigenvalue weighted by molar-refractivity contribution is 8.74. The van der Waals surface area contributed by atoms with Gasteiger partial charge in [0.15, 0.2) is 0 Å². The number of thiol groups is 1. The Hall–Kier alpha value is -0.400. The van der Waals surface area contributed by atoms with Crippen LogP contribution >= 0.6 is 22.5 Å². The quantitative estimate of drug-likeness (QED) is 0.255. The molecule has 0 rings (SSSR count). The van der Waals surface area contributed by atoms with Crippen LogP contribution in [0.1, 0.15) is 57.8 Å². The minimum Gasteiger partial charge on any atom is -0.375 e. The number of amides is 2. The first-order valence-electron chi connectivity index (χ1n) is 8.05. The summed E-state index contributed by atoms with van der Waals surface area (Å²) in [5.74, 6) is -0.0355. The number of methoxy groups -OCH3 is 1. The topological polar surface area (TPSA) is 67.4 Å². The van der Waals surface area contributed by atoms with Crippen LogP contribution in [0.3, 0.4) is 0 Å². The van der Waals surface area contributed by atoms with Crippen LogP contribution in [0.5, 0.6) is 0 Å². The molecule has 0 saturated carbocycles. The molecule has 130 valence electrons. The first-order valence-corrected chi connectivity index (χ1v) is 9.92. The van der Waals surface area contributed by atoms with E-state index in [9.17, 15) is 9.59 Å². The number of rotatable bonds is 14. The fourth-order valence-electron chi connectivity index (χ4n) is 2.12. The Kier molecular flexibility index (Phi) is 16.7. The van der Waals surface area contributed by atoms with Gasteiger partial charge >= 0.3 is 0 Å². The molecule has 22 heavy (non-hydrogen) atoms. The van der Waals surface area contributed by atoms with Crippen LogP contribution in [-0.2, 0) is 9.53 Å². The Morgan fingerprint density at radius 2 is 1.32 bits per heavy atom. The molecule has 0 aliphatic carbocycles. The summed E-state index contributed by atoms with van der Waals surface area (Å²) in [7, 11) is 2.45. The molecule has 0 heterocycles. The van der Waals surface area contributed by atoms with E-state index in [1.165, 1.54) is 52.1 Å². The molecule has 0 aromatic heterocycles. The Labute approximate surface area is 143 Å². The molecular weight excluding hydrogens is 320 g/mol. The van der Waals surface area contributed by atoms with Crippen molar-refractivity contribution in [1.82, 2.24) is 10.6 Å². The Balaban J connectivity index is 3.08. The van der Waals surface area contributed by atoms with Crippen molar-refractivity contribution in [3.63, 3.8) is 0 Å². The summed E-state index contributed by atoms with van der Waals surface area (Å²) in [6, 6.07) is 0. The molecule has 5 nitrogen and oxygen atoms in total. The van der Waals surface area contributed by atoms with E-state index in [1.54, 1.807) is 0 Å². The molecule has 0 saturated heterocycles. The summed E-state index contributed by atoms with van der Waals surface area (Å²) in [6.45, 7) is 1.65. The van der Waals surface area contributed by atoms with Crippen molar-refractivity contribution in [1.29, 1.82) is 0 Å². The third kappa shape index (κ3) is 16.0. The van der Waals surface area contributed by atoms with Gasteiger partial charge in [-0.05, 0) is 12.8 Å². The van der Waals surface area contributed by atoms with Crippen molar-refractivity contribution in [3.05, 3.63) is 0 Å². The number of hydrogen-bond acceptors (Lipinski definition) is 5. The molecule has 0 fully saturated rings. The molecule has 0 aromatic carbocycles. The van der Waals surface area contributed by atoms with Gasteiger partial charge in [0.2, 0.25) is 5.91 Å². The van der Waals surface area contributed by atoms with Crippen molar-refractivity contribution in [2.75, 3.05) is 26.8 Å². The molecule has 0 spiro atoms. The van der Waals surface area contributed by atoms with Crippen LogP contribution in [0.15, 0.2) is 0 Å². The van der Waals surface area contributed by atoms with E-state index in [1.807, 2.05) is 0 Å². The van der Waals surface area contributed by atoms with E-state index >= 15 is 0 Å². The van der Waals surface area contributed by atoms with Crippen molar-refractivity contribution >= 4 is 33.6 Å². The summed E-state index contributed by atoms with van der Waals surface area (Å²) in [4.78, 5) is 22.0. The number of unbranched alkanes of at least 4 members (excludes halogenated alkanes) is 8. The summed E-state index contributed by atoms with van der Waals surface area (Å²) in [5, 5.41) is 5.55. The van der Waals surface area contributed by atoms with Gasteiger partial charge in [0, 0.05) is 31.0 Å². The smallest absolute Gasteiger partial charge is 0.289 e. The zero-order chi connectivity index (χ0) is 16.5. The number of ether oxygens (including phenoxy) is 1. The molecule has 7 heteroatoms. The molecule has 0 aliphatic rings. The third-order valence-electron chi connectivity index (χ3n) is 3.30. The van der Waals surface area contributed by atoms with E-state index < -0.39 is 0 Å². The fourth-order valence-corrected chi connectivity index (χ4v) is 2.48. The summed E-state index contributed by atoms with van der Waals surface area (Å²) >= 11 is 3.83. The molecule has 0 unspecified atom stereocenters. The lowest BCUT2D eigenvalue weighted by Crippen LogP contribution is -2.27. The van der Waals surface area contributed by atoms with Crippen LogP contribution in [0.2, 0.25) is 0 Å². The highest BCUT2D eigenvalue weighted by Crippen LogP contribution is 2.10. The highest BCUT2D eigenvalue weighted by Gasteiger charge is 1.99. The van der Waals surface area contributed by atoms with Crippen LogP contribution in [0.25, 0.3) is 0 Å². The van der Waals surface area contributed by atoms with Gasteiger partial charge in [-0.15, -0.1) is 11.7 Å². The first-order chi connectivity index (χ1) is 10.7. The van der Waals surface area contributed by atoms with Gasteiger partial charge in [-0.1, -0.05) is 44.9 Å². The predicted molar refractivity (Wildman–Crippen MR) is 96.4 cm³/mol. The molecule has 2 amide bonds. The van der Waals surface area contributed by atoms with Gasteiger partial charge in [-0.25, -0.2) is 0 Å². The number of nitrogens with one attached hydrogen (secondary N) is 2. The van der Waals surface area contributed by atoms with Crippen LogP contribution in [0, 0.1) is 0 Å². The van der Waals surface area contributed by atoms with Gasteiger partial charge in [0.1, 0.15) is 6.61 Å². The average Bonchev–Trinajstić information content (AvgIpc) is 2.51. The second-order valence-electron chi connectivity index (χ2n) is 5.27. The monoisotopic (exact) mass is 350 g/mol. The van der Waals surface area contributed by atoms with E-state index in [-0.39, 0.29) is 17.8 Å². The molecule has 0 aliphatic heterocycles. The normalized spacial score (nSPS) is 10.5. The maximum atomic E-state index is 11.1. The minimum atomic E-state index is -0.0678. The molecule has 0 bridgehead atoms. The van der Waals surface area contributed by atoms with Crippen molar-refractivity contribution in [2.45, 2.75) is 57.8 Å². The lowest BCUT2D eigenvalue weighted by atomic mass is 10.1. The number of carbonyl (C=O) groups is 2. The lowest BCUT2D eigenvalue weighted by molar-refractivity contribution is -0.124. The summed E-state index contributed by atoms with van der Waals surface area (Å²) in [5.41, 5.74) is 0. The number of carbonyl (C=O) groups excluding carboxylic acids is 2. The maximum absolute atomic E-state index is 11.1. The lowest BCUT2D eigenvalue weighted by Gasteiger charge is -2.05. The van der Waals surface area contributed by atoms with E-state index in [0.29, 0.717) is 0 Å². The van der Waals surface area contributed by atoms with Crippen LogP contribution in [0.4, 0.5) is 4.79 Å². The molecule has 0 radical (unpaired) electrons. The average molecular weight is 351 g/mol. The first kappa shape index (κ1) is 21.6. The second-order valence-corrected chi connectivity index (χ2v) is 6.37. The van der Waals surface area contributed by atoms with Gasteiger partial charge < -0.3 is 15.4 Å². The van der Waals surface area contributed by atoms with Crippen LogP contribution < -0.4 is 10.6 Å². The fraction of sp³-hybridized carbons (Fsp3) is 0.867.